The number of carbonyl (C=O) groups is 2. The van der Waals surface area contributed by atoms with E-state index in [0.717, 1.165) is 37.5 Å². The molecule has 0 radical (unpaired) electrons. The summed E-state index contributed by atoms with van der Waals surface area (Å²) in [5.74, 6) is 1.14. The highest BCUT2D eigenvalue weighted by Gasteiger charge is 2.12. The minimum absolute atomic E-state index is 0.109. The third-order valence-corrected chi connectivity index (χ3v) is 9.20. The third kappa shape index (κ3) is 37.4. The Kier molecular flexibility index (Phi) is 34.4. The number of rotatable bonds is 36. The number of hydrogen-bond donors (Lipinski definition) is 1. The predicted molar refractivity (Wildman–Crippen MR) is 196 cm³/mol. The second-order valence-electron chi connectivity index (χ2n) is 15.1. The molecule has 0 amide bonds. The summed E-state index contributed by atoms with van der Waals surface area (Å²) < 4.78 is 10.3. The van der Waals surface area contributed by atoms with Crippen LogP contribution in [0.15, 0.2) is 0 Å². The van der Waals surface area contributed by atoms with Gasteiger partial charge in [-0.05, 0) is 24.7 Å². The maximum atomic E-state index is 12.0. The van der Waals surface area contributed by atoms with Crippen LogP contribution in [0.1, 0.15) is 220 Å². The molecule has 1 atom stereocenters. The van der Waals surface area contributed by atoms with Crippen LogP contribution in [0.3, 0.4) is 0 Å². The minimum atomic E-state index is -0.956. The van der Waals surface area contributed by atoms with E-state index >= 15 is 0 Å². The minimum Gasteiger partial charge on any atom is -0.463 e. The van der Waals surface area contributed by atoms with E-state index in [1.807, 2.05) is 0 Å². The van der Waals surface area contributed by atoms with Crippen molar-refractivity contribution in [1.29, 1.82) is 0 Å². The zero-order chi connectivity index (χ0) is 33.9. The van der Waals surface area contributed by atoms with Gasteiger partial charge >= 0.3 is 11.9 Å². The molecule has 0 saturated carbocycles. The van der Waals surface area contributed by atoms with Crippen LogP contribution in [0.4, 0.5) is 0 Å². The van der Waals surface area contributed by atoms with Gasteiger partial charge in [0.25, 0.3) is 0 Å². The van der Waals surface area contributed by atoms with Gasteiger partial charge in [0.05, 0.1) is 0 Å². The van der Waals surface area contributed by atoms with Crippen LogP contribution < -0.4 is 0 Å². The zero-order valence-corrected chi connectivity index (χ0v) is 31.4. The Hall–Kier alpha value is -1.10. The standard InChI is InChI=1S/C41H80O5/c1-37(2)31-27-23-19-15-11-8-6-5-7-9-13-17-21-25-29-33-40(43)45-35-39(42)36-46-41(44)34-30-26-22-18-14-10-12-16-20-24-28-32-38(3)4/h37-39,42H,5-36H2,1-4H3/t39-/m0/s1. The van der Waals surface area contributed by atoms with Crippen molar-refractivity contribution in [3.05, 3.63) is 0 Å². The third-order valence-electron chi connectivity index (χ3n) is 9.20. The fraction of sp³-hybridized carbons (Fsp3) is 0.951. The SMILES string of the molecule is CC(C)CCCCCCCCCCCCCCCCCC(=O)OC[C@H](O)COC(=O)CCCCCCCCCCCCCC(C)C. The van der Waals surface area contributed by atoms with Gasteiger partial charge in [0.1, 0.15) is 19.3 Å². The molecule has 46 heavy (non-hydrogen) atoms. The Labute approximate surface area is 287 Å². The molecule has 0 bridgehead atoms. The van der Waals surface area contributed by atoms with E-state index in [1.165, 1.54) is 154 Å². The molecule has 0 aromatic rings. The largest absolute Gasteiger partial charge is 0.463 e. The van der Waals surface area contributed by atoms with Gasteiger partial charge in [-0.1, -0.05) is 195 Å². The molecule has 274 valence electrons. The number of unbranched alkanes of at least 4 members (excludes halogenated alkanes) is 24. The molecule has 0 spiro atoms. The summed E-state index contributed by atoms with van der Waals surface area (Å²) in [7, 11) is 0. The fourth-order valence-corrected chi connectivity index (χ4v) is 6.10. The predicted octanol–water partition coefficient (Wildman–Crippen LogP) is 12.4. The first-order valence-corrected chi connectivity index (χ1v) is 20.3. The van der Waals surface area contributed by atoms with E-state index in [9.17, 15) is 14.7 Å². The molecule has 0 heterocycles. The van der Waals surface area contributed by atoms with Gasteiger partial charge in [-0.3, -0.25) is 9.59 Å². The van der Waals surface area contributed by atoms with Crippen molar-refractivity contribution in [2.75, 3.05) is 13.2 Å². The van der Waals surface area contributed by atoms with Crippen LogP contribution in [-0.2, 0) is 19.1 Å². The summed E-state index contributed by atoms with van der Waals surface area (Å²) in [6.07, 6.45) is 35.9. The summed E-state index contributed by atoms with van der Waals surface area (Å²) in [6, 6.07) is 0. The molecule has 0 aromatic heterocycles. The summed E-state index contributed by atoms with van der Waals surface area (Å²) >= 11 is 0. The van der Waals surface area contributed by atoms with Crippen molar-refractivity contribution in [2.45, 2.75) is 226 Å². The van der Waals surface area contributed by atoms with Gasteiger partial charge in [0.15, 0.2) is 0 Å². The molecular formula is C41H80O5. The zero-order valence-electron chi connectivity index (χ0n) is 31.4. The molecular weight excluding hydrogens is 572 g/mol. The smallest absolute Gasteiger partial charge is 0.305 e. The quantitative estimate of drug-likeness (QED) is 0.0538. The van der Waals surface area contributed by atoms with Gasteiger partial charge in [-0.2, -0.15) is 0 Å². The van der Waals surface area contributed by atoms with Gasteiger partial charge in [0.2, 0.25) is 0 Å². The Bertz CT molecular complexity index is 647. The molecule has 0 aromatic carbocycles. The topological polar surface area (TPSA) is 72.8 Å². The Morgan fingerprint density at radius 2 is 0.609 bits per heavy atom. The number of aliphatic hydroxyl groups is 1. The molecule has 0 aliphatic carbocycles. The van der Waals surface area contributed by atoms with E-state index in [0.29, 0.717) is 12.8 Å². The monoisotopic (exact) mass is 653 g/mol. The fourth-order valence-electron chi connectivity index (χ4n) is 6.10. The van der Waals surface area contributed by atoms with E-state index < -0.39 is 6.10 Å². The molecule has 1 N–H and O–H groups in total. The van der Waals surface area contributed by atoms with Gasteiger partial charge in [-0.25, -0.2) is 0 Å². The van der Waals surface area contributed by atoms with E-state index in [4.69, 9.17) is 9.47 Å². The van der Waals surface area contributed by atoms with E-state index in [-0.39, 0.29) is 25.2 Å². The average Bonchev–Trinajstić information content (AvgIpc) is 3.02. The van der Waals surface area contributed by atoms with Crippen LogP contribution >= 0.6 is 0 Å². The second kappa shape index (κ2) is 35.2. The summed E-state index contributed by atoms with van der Waals surface area (Å²) in [5, 5.41) is 10.0. The van der Waals surface area contributed by atoms with Crippen molar-refractivity contribution < 1.29 is 24.2 Å². The van der Waals surface area contributed by atoms with Crippen molar-refractivity contribution in [3.63, 3.8) is 0 Å². The van der Waals surface area contributed by atoms with Crippen LogP contribution in [-0.4, -0.2) is 36.4 Å². The van der Waals surface area contributed by atoms with Gasteiger partial charge < -0.3 is 14.6 Å². The van der Waals surface area contributed by atoms with Gasteiger partial charge in [0, 0.05) is 12.8 Å². The number of carbonyl (C=O) groups excluding carboxylic acids is 2. The van der Waals surface area contributed by atoms with Crippen molar-refractivity contribution in [2.24, 2.45) is 11.8 Å². The first kappa shape index (κ1) is 44.9. The van der Waals surface area contributed by atoms with Gasteiger partial charge in [-0.15, -0.1) is 0 Å². The van der Waals surface area contributed by atoms with Crippen molar-refractivity contribution in [3.8, 4) is 0 Å². The molecule has 0 fully saturated rings. The first-order chi connectivity index (χ1) is 22.3. The normalized spacial score (nSPS) is 12.2. The lowest BCUT2D eigenvalue weighted by atomic mass is 10.0. The lowest BCUT2D eigenvalue weighted by Crippen LogP contribution is -2.25. The highest BCUT2D eigenvalue weighted by Crippen LogP contribution is 2.16. The maximum absolute atomic E-state index is 12.0. The number of esters is 2. The molecule has 0 unspecified atom stereocenters. The molecule has 0 aliphatic rings. The number of hydrogen-bond acceptors (Lipinski definition) is 5. The van der Waals surface area contributed by atoms with E-state index in [1.54, 1.807) is 0 Å². The highest BCUT2D eigenvalue weighted by molar-refractivity contribution is 5.69. The summed E-state index contributed by atoms with van der Waals surface area (Å²) in [4.78, 5) is 23.9. The van der Waals surface area contributed by atoms with Crippen molar-refractivity contribution in [1.82, 2.24) is 0 Å². The second-order valence-corrected chi connectivity index (χ2v) is 15.1. The number of ether oxygens (including phenoxy) is 2. The van der Waals surface area contributed by atoms with E-state index in [2.05, 4.69) is 27.7 Å². The Balaban J connectivity index is 3.38. The molecule has 0 saturated heterocycles. The average molecular weight is 653 g/mol. The highest BCUT2D eigenvalue weighted by atomic mass is 16.6. The molecule has 5 nitrogen and oxygen atoms in total. The molecule has 0 aliphatic heterocycles. The lowest BCUT2D eigenvalue weighted by molar-refractivity contribution is -0.152. The summed E-state index contributed by atoms with van der Waals surface area (Å²) in [5.41, 5.74) is 0. The van der Waals surface area contributed by atoms with Crippen LogP contribution in [0.25, 0.3) is 0 Å². The van der Waals surface area contributed by atoms with Crippen LogP contribution in [0.5, 0.6) is 0 Å². The number of aliphatic hydroxyl groups excluding tert-OH is 1. The molecule has 0 rings (SSSR count). The molecule has 5 heteroatoms. The van der Waals surface area contributed by atoms with Crippen LogP contribution in [0, 0.1) is 11.8 Å². The van der Waals surface area contributed by atoms with Crippen molar-refractivity contribution >= 4 is 11.9 Å². The Morgan fingerprint density at radius 3 is 0.848 bits per heavy atom. The summed E-state index contributed by atoms with van der Waals surface area (Å²) in [6.45, 7) is 9.03. The lowest BCUT2D eigenvalue weighted by Gasteiger charge is -2.12. The Morgan fingerprint density at radius 1 is 0.391 bits per heavy atom. The van der Waals surface area contributed by atoms with Crippen LogP contribution in [0.2, 0.25) is 0 Å². The maximum Gasteiger partial charge on any atom is 0.305 e. The first-order valence-electron chi connectivity index (χ1n) is 20.3.